The summed E-state index contributed by atoms with van der Waals surface area (Å²) in [7, 11) is 1.04. The second kappa shape index (κ2) is 8.21. The van der Waals surface area contributed by atoms with Crippen LogP contribution in [0.1, 0.15) is 66.7 Å². The van der Waals surface area contributed by atoms with E-state index in [1.807, 2.05) is 0 Å². The first-order valence-corrected chi connectivity index (χ1v) is 9.53. The average molecular weight is 422 g/mol. The number of Topliss-reactive ketones (excluding diaryl/α,β-unsaturated/α-hetero) is 2. The molecule has 0 atom stereocenters. The average Bonchev–Trinajstić information content (AvgIpc) is 3.29. The molecule has 0 bridgehead atoms. The van der Waals surface area contributed by atoms with Gasteiger partial charge in [-0.1, -0.05) is 13.8 Å². The molecule has 0 aromatic heterocycles. The molecular formula is C20H22O10. The number of rotatable bonds is 9. The van der Waals surface area contributed by atoms with Crippen molar-refractivity contribution in [2.75, 3.05) is 13.9 Å². The highest BCUT2D eigenvalue weighted by Crippen LogP contribution is 2.56. The minimum Gasteiger partial charge on any atom is -0.481 e. The van der Waals surface area contributed by atoms with Gasteiger partial charge in [-0.05, 0) is 12.8 Å². The number of ketones is 2. The van der Waals surface area contributed by atoms with Gasteiger partial charge in [0.2, 0.25) is 6.79 Å². The fourth-order valence-electron chi connectivity index (χ4n) is 3.42. The van der Waals surface area contributed by atoms with Gasteiger partial charge >= 0.3 is 17.7 Å². The number of aliphatic carboxylic acids is 1. The van der Waals surface area contributed by atoms with E-state index in [1.165, 1.54) is 0 Å². The van der Waals surface area contributed by atoms with Crippen LogP contribution in [-0.2, 0) is 14.3 Å². The minimum atomic E-state index is -2.39. The second-order valence-electron chi connectivity index (χ2n) is 6.84. The van der Waals surface area contributed by atoms with Gasteiger partial charge in [0.05, 0.1) is 7.11 Å². The number of hydrogen-bond acceptors (Lipinski definition) is 9. The molecule has 0 radical (unpaired) electrons. The smallest absolute Gasteiger partial charge is 0.393 e. The van der Waals surface area contributed by atoms with Crippen molar-refractivity contribution in [3.63, 3.8) is 0 Å². The lowest BCUT2D eigenvalue weighted by atomic mass is 9.96. The number of carboxylic acid groups (broad SMARTS) is 1. The maximum atomic E-state index is 12.9. The number of carbonyl (C=O) groups excluding carboxylic acids is 3. The van der Waals surface area contributed by atoms with Gasteiger partial charge in [0.15, 0.2) is 34.6 Å². The fourth-order valence-corrected chi connectivity index (χ4v) is 3.42. The first kappa shape index (κ1) is 21.4. The minimum absolute atomic E-state index is 0.0197. The molecule has 0 saturated heterocycles. The van der Waals surface area contributed by atoms with Gasteiger partial charge in [0, 0.05) is 12.8 Å². The number of hydrogen-bond donors (Lipinski definition) is 1. The Morgan fingerprint density at radius 3 is 1.73 bits per heavy atom. The van der Waals surface area contributed by atoms with E-state index < -0.39 is 24.1 Å². The summed E-state index contributed by atoms with van der Waals surface area (Å²) >= 11 is 0. The van der Waals surface area contributed by atoms with Crippen LogP contribution in [0.4, 0.5) is 0 Å². The summed E-state index contributed by atoms with van der Waals surface area (Å²) in [6, 6.07) is 0. The zero-order chi connectivity index (χ0) is 22.1. The highest BCUT2D eigenvalue weighted by Gasteiger charge is 2.56. The SMILES string of the molecule is CCCC(=O)c1c2c(c(C(=O)CCC)c3c1OC(CC(=O)O)(C(=O)OC)O3)OCO2. The predicted octanol–water partition coefficient (Wildman–Crippen LogP) is 2.50. The van der Waals surface area contributed by atoms with Gasteiger partial charge in [-0.15, -0.1) is 0 Å². The fraction of sp³-hybridized carbons (Fsp3) is 0.500. The van der Waals surface area contributed by atoms with Crippen LogP contribution in [0.25, 0.3) is 0 Å². The van der Waals surface area contributed by atoms with Crippen LogP contribution in [0.2, 0.25) is 0 Å². The summed E-state index contributed by atoms with van der Waals surface area (Å²) in [5.74, 6) is -6.08. The maximum Gasteiger partial charge on any atom is 0.393 e. The van der Waals surface area contributed by atoms with Crippen molar-refractivity contribution in [2.45, 2.75) is 51.7 Å². The lowest BCUT2D eigenvalue weighted by Crippen LogP contribution is -2.49. The first-order chi connectivity index (χ1) is 14.3. The number of esters is 1. The molecule has 1 N–H and O–H groups in total. The molecule has 0 fully saturated rings. The summed E-state index contributed by atoms with van der Waals surface area (Å²) in [6.07, 6.45) is 0.356. The molecule has 30 heavy (non-hydrogen) atoms. The Balaban J connectivity index is 2.28. The Labute approximate surface area is 172 Å². The first-order valence-electron chi connectivity index (χ1n) is 9.53. The highest BCUT2D eigenvalue weighted by atomic mass is 16.8. The third-order valence-electron chi connectivity index (χ3n) is 4.65. The molecular weight excluding hydrogens is 400 g/mol. The van der Waals surface area contributed by atoms with Crippen molar-refractivity contribution in [3.8, 4) is 23.0 Å². The maximum absolute atomic E-state index is 12.9. The van der Waals surface area contributed by atoms with E-state index in [9.17, 15) is 24.3 Å². The van der Waals surface area contributed by atoms with Crippen LogP contribution in [0, 0.1) is 0 Å². The van der Waals surface area contributed by atoms with E-state index in [0.29, 0.717) is 12.8 Å². The molecule has 0 saturated carbocycles. The van der Waals surface area contributed by atoms with Crippen molar-refractivity contribution in [2.24, 2.45) is 0 Å². The van der Waals surface area contributed by atoms with Crippen molar-refractivity contribution >= 4 is 23.5 Å². The molecule has 0 aliphatic carbocycles. The largest absolute Gasteiger partial charge is 0.481 e. The van der Waals surface area contributed by atoms with E-state index in [2.05, 4.69) is 4.74 Å². The molecule has 2 aliphatic heterocycles. The molecule has 162 valence electrons. The molecule has 0 unspecified atom stereocenters. The Morgan fingerprint density at radius 1 is 0.900 bits per heavy atom. The van der Waals surface area contributed by atoms with Crippen LogP contribution in [-0.4, -0.2) is 48.3 Å². The standard InChI is InChI=1S/C20H22O10/c1-4-6-10(21)13-15-16(28-9-27-15)14(11(22)7-5-2)18-17(13)29-20(30-18,8-12(23)24)19(25)26-3/h4-9H2,1-3H3,(H,23,24). The number of benzene rings is 1. The van der Waals surface area contributed by atoms with E-state index >= 15 is 0 Å². The third kappa shape index (κ3) is 3.42. The Bertz CT molecular complexity index is 862. The quantitative estimate of drug-likeness (QED) is 0.467. The molecule has 3 rings (SSSR count). The van der Waals surface area contributed by atoms with Crippen molar-refractivity contribution in [3.05, 3.63) is 11.1 Å². The predicted molar refractivity (Wildman–Crippen MR) is 99.3 cm³/mol. The monoisotopic (exact) mass is 422 g/mol. The summed E-state index contributed by atoms with van der Waals surface area (Å²) in [4.78, 5) is 49.6. The van der Waals surface area contributed by atoms with Crippen molar-refractivity contribution in [1.82, 2.24) is 0 Å². The molecule has 2 aliphatic rings. The van der Waals surface area contributed by atoms with Crippen LogP contribution < -0.4 is 18.9 Å². The highest BCUT2D eigenvalue weighted by molar-refractivity contribution is 6.10. The van der Waals surface area contributed by atoms with Gasteiger partial charge in [-0.3, -0.25) is 14.4 Å². The van der Waals surface area contributed by atoms with Gasteiger partial charge in [-0.25, -0.2) is 4.79 Å². The van der Waals surface area contributed by atoms with E-state index in [4.69, 9.17) is 18.9 Å². The van der Waals surface area contributed by atoms with Gasteiger partial charge in [0.25, 0.3) is 0 Å². The number of fused-ring (bicyclic) bond motifs is 2. The lowest BCUT2D eigenvalue weighted by Gasteiger charge is -2.22. The summed E-state index contributed by atoms with van der Waals surface area (Å²) in [6.45, 7) is 3.39. The zero-order valence-corrected chi connectivity index (χ0v) is 16.9. The lowest BCUT2D eigenvalue weighted by molar-refractivity contribution is -0.187. The van der Waals surface area contributed by atoms with Crippen LogP contribution in [0.5, 0.6) is 23.0 Å². The Morgan fingerprint density at radius 2 is 1.37 bits per heavy atom. The third-order valence-corrected chi connectivity index (χ3v) is 4.65. The molecule has 1 aromatic carbocycles. The number of methoxy groups -OCH3 is 1. The molecule has 10 nitrogen and oxygen atoms in total. The second-order valence-corrected chi connectivity index (χ2v) is 6.84. The van der Waals surface area contributed by atoms with Crippen LogP contribution in [0.15, 0.2) is 0 Å². The van der Waals surface area contributed by atoms with Crippen molar-refractivity contribution in [1.29, 1.82) is 0 Å². The molecule has 10 heteroatoms. The molecule has 1 aromatic rings. The number of ether oxygens (including phenoxy) is 5. The molecule has 0 amide bonds. The van der Waals surface area contributed by atoms with Crippen LogP contribution >= 0.6 is 0 Å². The normalized spacial score (nSPS) is 15.0. The molecule has 2 heterocycles. The zero-order valence-electron chi connectivity index (χ0n) is 16.9. The number of carboxylic acids is 1. The van der Waals surface area contributed by atoms with Crippen molar-refractivity contribution < 1.29 is 48.0 Å². The topological polar surface area (TPSA) is 135 Å². The summed E-state index contributed by atoms with van der Waals surface area (Å²) in [5, 5.41) is 9.30. The van der Waals surface area contributed by atoms with E-state index in [0.717, 1.165) is 7.11 Å². The van der Waals surface area contributed by atoms with E-state index in [1.54, 1.807) is 13.8 Å². The van der Waals surface area contributed by atoms with Gasteiger partial charge < -0.3 is 28.8 Å². The van der Waals surface area contributed by atoms with Gasteiger partial charge in [-0.2, -0.15) is 0 Å². The van der Waals surface area contributed by atoms with E-state index in [-0.39, 0.29) is 65.3 Å². The Hall–Kier alpha value is -3.30. The summed E-state index contributed by atoms with van der Waals surface area (Å²) in [5.41, 5.74) is -0.105. The summed E-state index contributed by atoms with van der Waals surface area (Å²) < 4.78 is 26.9. The van der Waals surface area contributed by atoms with Gasteiger partial charge in [0.1, 0.15) is 17.5 Å². The molecule has 0 spiro atoms. The Kier molecular flexibility index (Phi) is 5.86. The van der Waals surface area contributed by atoms with Crippen LogP contribution in [0.3, 0.4) is 0 Å². The number of carbonyl (C=O) groups is 4.